The average molecular weight is 436 g/mol. The molecule has 0 radical (unpaired) electrons. The van der Waals surface area contributed by atoms with Crippen molar-refractivity contribution in [2.75, 3.05) is 7.11 Å². The smallest absolute Gasteiger partial charge is 0.281 e. The summed E-state index contributed by atoms with van der Waals surface area (Å²) in [6.07, 6.45) is 1.53. The second-order valence-corrected chi connectivity index (χ2v) is 7.10. The molecule has 160 valence electrons. The Balaban J connectivity index is 1.91. The summed E-state index contributed by atoms with van der Waals surface area (Å²) in [6, 6.07) is 14.4. The highest BCUT2D eigenvalue weighted by Gasteiger charge is 2.42. The van der Waals surface area contributed by atoms with Crippen LogP contribution in [0.3, 0.4) is 0 Å². The Morgan fingerprint density at radius 2 is 1.84 bits per heavy atom. The average Bonchev–Trinajstić information content (AvgIpc) is 3.26. The number of halogens is 3. The third-order valence-electron chi connectivity index (χ3n) is 5.33. The predicted octanol–water partition coefficient (Wildman–Crippen LogP) is 4.36. The minimum absolute atomic E-state index is 0.137. The molecule has 0 bridgehead atoms. The van der Waals surface area contributed by atoms with Crippen molar-refractivity contribution < 1.29 is 17.9 Å². The minimum atomic E-state index is -2.93. The number of fused-ring (bicyclic) bond motifs is 3. The first kappa shape index (κ1) is 20.0. The number of alkyl halides is 1. The van der Waals surface area contributed by atoms with Crippen molar-refractivity contribution >= 4 is 21.9 Å². The largest absolute Gasteiger partial charge is 0.341 e. The van der Waals surface area contributed by atoms with E-state index in [-0.39, 0.29) is 10.9 Å². The van der Waals surface area contributed by atoms with E-state index in [0.29, 0.717) is 22.8 Å². The highest BCUT2D eigenvalue weighted by molar-refractivity contribution is 6.03. The molecule has 2 aromatic carbocycles. The number of pyridine rings is 2. The van der Waals surface area contributed by atoms with E-state index in [0.717, 1.165) is 19.2 Å². The molecule has 0 aliphatic heterocycles. The third kappa shape index (κ3) is 2.82. The maximum absolute atomic E-state index is 16.2. The monoisotopic (exact) mass is 436 g/mol. The number of methoxy groups -OCH3 is 1. The molecule has 1 N–H and O–H groups in total. The van der Waals surface area contributed by atoms with Crippen molar-refractivity contribution in [3.63, 3.8) is 0 Å². The van der Waals surface area contributed by atoms with Gasteiger partial charge in [-0.2, -0.15) is 9.49 Å². The van der Waals surface area contributed by atoms with Crippen LogP contribution in [0.4, 0.5) is 13.2 Å². The number of nitrogens with zero attached hydrogens (tertiary/aromatic N) is 3. The molecule has 0 saturated carbocycles. The van der Waals surface area contributed by atoms with Gasteiger partial charge in [0.05, 0.1) is 16.6 Å². The van der Waals surface area contributed by atoms with Crippen LogP contribution in [0.5, 0.6) is 0 Å². The Bertz CT molecular complexity index is 1530. The molecule has 1 atom stereocenters. The Hall–Kier alpha value is -3.98. The summed E-state index contributed by atoms with van der Waals surface area (Å²) < 4.78 is 50.6. The van der Waals surface area contributed by atoms with Gasteiger partial charge < -0.3 is 4.74 Å². The standard InChI is InChI=1S/C23H15F3N4O2/c1-32-23(26,16-10-9-13(24)12-17(16)25)20-18-19(28-29-20)15-8-5-11-27-21(15)30(22(18)31)14-6-3-2-4-7-14/h2-12H,1H3,(H,28,29). The molecule has 0 amide bonds. The fourth-order valence-electron chi connectivity index (χ4n) is 3.86. The van der Waals surface area contributed by atoms with Gasteiger partial charge in [0.2, 0.25) is 0 Å². The fourth-order valence-corrected chi connectivity index (χ4v) is 3.86. The summed E-state index contributed by atoms with van der Waals surface area (Å²) >= 11 is 0. The quantitative estimate of drug-likeness (QED) is 0.455. The second-order valence-electron chi connectivity index (χ2n) is 7.10. The van der Waals surface area contributed by atoms with Crippen molar-refractivity contribution in [2.45, 2.75) is 5.85 Å². The molecule has 1 unspecified atom stereocenters. The Labute approximate surface area is 178 Å². The van der Waals surface area contributed by atoms with Gasteiger partial charge in [0.1, 0.15) is 28.5 Å². The Morgan fingerprint density at radius 3 is 2.56 bits per heavy atom. The van der Waals surface area contributed by atoms with E-state index in [1.807, 2.05) is 0 Å². The van der Waals surface area contributed by atoms with E-state index in [1.165, 1.54) is 10.8 Å². The van der Waals surface area contributed by atoms with E-state index in [1.54, 1.807) is 42.5 Å². The zero-order valence-electron chi connectivity index (χ0n) is 16.6. The number of para-hydroxylation sites is 1. The summed E-state index contributed by atoms with van der Waals surface area (Å²) in [5, 5.41) is 6.98. The van der Waals surface area contributed by atoms with Crippen LogP contribution in [0.1, 0.15) is 11.3 Å². The van der Waals surface area contributed by atoms with Crippen molar-refractivity contribution in [3.05, 3.63) is 100 Å². The zero-order valence-corrected chi connectivity index (χ0v) is 16.6. The van der Waals surface area contributed by atoms with Gasteiger partial charge in [0.25, 0.3) is 11.4 Å². The molecular weight excluding hydrogens is 421 g/mol. The summed E-state index contributed by atoms with van der Waals surface area (Å²) in [5.41, 5.74) is -0.636. The third-order valence-corrected chi connectivity index (χ3v) is 5.33. The van der Waals surface area contributed by atoms with E-state index in [2.05, 4.69) is 15.2 Å². The van der Waals surface area contributed by atoms with Gasteiger partial charge in [-0.25, -0.2) is 13.8 Å². The minimum Gasteiger partial charge on any atom is -0.341 e. The topological polar surface area (TPSA) is 72.8 Å². The number of ether oxygens (including phenoxy) is 1. The van der Waals surface area contributed by atoms with Crippen LogP contribution < -0.4 is 5.56 Å². The van der Waals surface area contributed by atoms with Gasteiger partial charge in [0, 0.05) is 24.8 Å². The normalized spacial score (nSPS) is 13.5. The first-order chi connectivity index (χ1) is 15.5. The lowest BCUT2D eigenvalue weighted by molar-refractivity contribution is -0.0966. The zero-order chi connectivity index (χ0) is 22.5. The molecule has 3 heterocycles. The maximum Gasteiger partial charge on any atom is 0.281 e. The number of H-pyrrole nitrogens is 1. The number of benzene rings is 2. The molecule has 6 nitrogen and oxygen atoms in total. The highest BCUT2D eigenvalue weighted by atomic mass is 19.2. The Kier molecular flexibility index (Phi) is 4.56. The summed E-state index contributed by atoms with van der Waals surface area (Å²) in [4.78, 5) is 18.0. The molecule has 5 aromatic rings. The van der Waals surface area contributed by atoms with Gasteiger partial charge in [-0.15, -0.1) is 0 Å². The van der Waals surface area contributed by atoms with Gasteiger partial charge in [-0.1, -0.05) is 18.2 Å². The van der Waals surface area contributed by atoms with Gasteiger partial charge in [0.15, 0.2) is 0 Å². The molecule has 5 rings (SSSR count). The number of aromatic nitrogens is 4. The predicted molar refractivity (Wildman–Crippen MR) is 112 cm³/mol. The summed E-state index contributed by atoms with van der Waals surface area (Å²) in [6.45, 7) is 0. The van der Waals surface area contributed by atoms with Crippen LogP contribution in [0.2, 0.25) is 0 Å². The van der Waals surface area contributed by atoms with E-state index in [9.17, 15) is 13.6 Å². The summed E-state index contributed by atoms with van der Waals surface area (Å²) in [7, 11) is 1.02. The van der Waals surface area contributed by atoms with E-state index >= 15 is 4.39 Å². The SMILES string of the molecule is COC(F)(c1ccc(F)cc1F)c1[nH]nc2c1c(=O)n(-c1ccccc1)c1ncccc21. The number of rotatable bonds is 4. The first-order valence-corrected chi connectivity index (χ1v) is 9.59. The van der Waals surface area contributed by atoms with Crippen LogP contribution in [0.25, 0.3) is 27.6 Å². The van der Waals surface area contributed by atoms with Crippen molar-refractivity contribution in [1.82, 2.24) is 19.7 Å². The summed E-state index contributed by atoms with van der Waals surface area (Å²) in [5.74, 6) is -4.97. The first-order valence-electron chi connectivity index (χ1n) is 9.59. The molecule has 0 fully saturated rings. The van der Waals surface area contributed by atoms with Crippen LogP contribution in [-0.2, 0) is 10.6 Å². The van der Waals surface area contributed by atoms with Crippen LogP contribution >= 0.6 is 0 Å². The highest BCUT2D eigenvalue weighted by Crippen LogP contribution is 2.39. The molecule has 0 spiro atoms. The van der Waals surface area contributed by atoms with Crippen molar-refractivity contribution in [1.29, 1.82) is 0 Å². The lowest BCUT2D eigenvalue weighted by Crippen LogP contribution is -2.29. The van der Waals surface area contributed by atoms with E-state index in [4.69, 9.17) is 4.74 Å². The molecule has 0 aliphatic carbocycles. The van der Waals surface area contributed by atoms with Gasteiger partial charge in [-0.3, -0.25) is 14.5 Å². The van der Waals surface area contributed by atoms with E-state index < -0.39 is 34.3 Å². The van der Waals surface area contributed by atoms with Gasteiger partial charge >= 0.3 is 0 Å². The maximum atomic E-state index is 16.2. The Morgan fingerprint density at radius 1 is 1.06 bits per heavy atom. The number of hydrogen-bond donors (Lipinski definition) is 1. The molecule has 3 aromatic heterocycles. The molecule has 0 saturated heterocycles. The molecule has 0 aliphatic rings. The second kappa shape index (κ2) is 7.31. The van der Waals surface area contributed by atoms with Crippen LogP contribution in [0, 0.1) is 11.6 Å². The van der Waals surface area contributed by atoms with Crippen LogP contribution in [-0.4, -0.2) is 26.9 Å². The fraction of sp³-hybridized carbons (Fsp3) is 0.0870. The lowest BCUT2D eigenvalue weighted by atomic mass is 10.00. The molecular formula is C23H15F3N4O2. The number of nitrogens with one attached hydrogen (secondary N) is 1. The number of aromatic amines is 1. The molecule has 9 heteroatoms. The number of hydrogen-bond acceptors (Lipinski definition) is 4. The van der Waals surface area contributed by atoms with Crippen molar-refractivity contribution in [3.8, 4) is 5.69 Å². The lowest BCUT2D eigenvalue weighted by Gasteiger charge is -2.23. The van der Waals surface area contributed by atoms with Crippen molar-refractivity contribution in [2.24, 2.45) is 0 Å². The van der Waals surface area contributed by atoms with Gasteiger partial charge in [-0.05, 0) is 36.4 Å². The van der Waals surface area contributed by atoms with Crippen LogP contribution in [0.15, 0.2) is 71.7 Å². The molecule has 32 heavy (non-hydrogen) atoms.